The molecule has 0 aliphatic heterocycles. The fourth-order valence-electron chi connectivity index (χ4n) is 1.31. The van der Waals surface area contributed by atoms with E-state index in [0.29, 0.717) is 0 Å². The van der Waals surface area contributed by atoms with E-state index in [1.165, 1.54) is 24.3 Å². The molecule has 1 rings (SSSR count). The molecule has 1 aromatic rings. The van der Waals surface area contributed by atoms with Gasteiger partial charge in [-0.15, -0.1) is 0 Å². The zero-order chi connectivity index (χ0) is 13.1. The molecule has 0 fully saturated rings. The SMILES string of the molecule is CCOC(=O)c1ccc([C@@H](C)C(F)(F)F)cc1. The van der Waals surface area contributed by atoms with Gasteiger partial charge in [0.05, 0.1) is 18.1 Å². The second kappa shape index (κ2) is 5.21. The third-order valence-corrected chi connectivity index (χ3v) is 2.41. The fourth-order valence-corrected chi connectivity index (χ4v) is 1.31. The number of hydrogen-bond acceptors (Lipinski definition) is 2. The third kappa shape index (κ3) is 3.47. The van der Waals surface area contributed by atoms with Crippen LogP contribution in [0.2, 0.25) is 0 Å². The Balaban J connectivity index is 2.85. The molecule has 94 valence electrons. The van der Waals surface area contributed by atoms with Gasteiger partial charge in [-0.25, -0.2) is 4.79 Å². The number of rotatable bonds is 3. The summed E-state index contributed by atoms with van der Waals surface area (Å²) in [5.41, 5.74) is 0.385. The normalized spacial score (nSPS) is 13.2. The van der Waals surface area contributed by atoms with Crippen molar-refractivity contribution in [1.82, 2.24) is 0 Å². The first-order valence-electron chi connectivity index (χ1n) is 5.20. The second-order valence-corrected chi connectivity index (χ2v) is 3.61. The highest BCUT2D eigenvalue weighted by Crippen LogP contribution is 2.34. The number of carbonyl (C=O) groups is 1. The molecule has 0 aliphatic rings. The quantitative estimate of drug-likeness (QED) is 0.762. The van der Waals surface area contributed by atoms with Crippen molar-refractivity contribution in [3.05, 3.63) is 35.4 Å². The third-order valence-electron chi connectivity index (χ3n) is 2.41. The Morgan fingerprint density at radius 3 is 2.24 bits per heavy atom. The summed E-state index contributed by atoms with van der Waals surface area (Å²) in [6.07, 6.45) is -4.27. The lowest BCUT2D eigenvalue weighted by atomic mass is 9.99. The van der Waals surface area contributed by atoms with Gasteiger partial charge in [0.1, 0.15) is 0 Å². The van der Waals surface area contributed by atoms with Crippen molar-refractivity contribution in [3.63, 3.8) is 0 Å². The molecule has 0 aromatic heterocycles. The Hall–Kier alpha value is -1.52. The fraction of sp³-hybridized carbons (Fsp3) is 0.417. The molecule has 0 unspecified atom stereocenters. The number of esters is 1. The molecule has 0 spiro atoms. The molecule has 1 atom stereocenters. The van der Waals surface area contributed by atoms with E-state index in [2.05, 4.69) is 0 Å². The average Bonchev–Trinajstić information content (AvgIpc) is 2.27. The van der Waals surface area contributed by atoms with Crippen LogP contribution in [0, 0.1) is 0 Å². The van der Waals surface area contributed by atoms with Crippen LogP contribution < -0.4 is 0 Å². The standard InChI is InChI=1S/C12H13F3O2/c1-3-17-11(16)10-6-4-9(5-7-10)8(2)12(13,14)15/h4-8H,3H2,1-2H3/t8-/m1/s1. The Bertz CT molecular complexity index is 382. The molecule has 0 saturated carbocycles. The van der Waals surface area contributed by atoms with Crippen molar-refractivity contribution in [3.8, 4) is 0 Å². The van der Waals surface area contributed by atoms with E-state index >= 15 is 0 Å². The Labute approximate surface area is 97.4 Å². The average molecular weight is 246 g/mol. The molecule has 0 saturated heterocycles. The molecule has 2 nitrogen and oxygen atoms in total. The highest BCUT2D eigenvalue weighted by Gasteiger charge is 2.36. The Morgan fingerprint density at radius 2 is 1.82 bits per heavy atom. The zero-order valence-corrected chi connectivity index (χ0v) is 9.54. The molecular formula is C12H13F3O2. The van der Waals surface area contributed by atoms with Gasteiger partial charge < -0.3 is 4.74 Å². The molecule has 0 aliphatic carbocycles. The van der Waals surface area contributed by atoms with Crippen LogP contribution in [0.25, 0.3) is 0 Å². The molecular weight excluding hydrogens is 233 g/mol. The summed E-state index contributed by atoms with van der Waals surface area (Å²) in [5.74, 6) is -2.07. The molecule has 0 bridgehead atoms. The van der Waals surface area contributed by atoms with Crippen LogP contribution in [-0.2, 0) is 4.74 Å². The molecule has 0 amide bonds. The van der Waals surface area contributed by atoms with Crippen molar-refractivity contribution in [2.24, 2.45) is 0 Å². The summed E-state index contributed by atoms with van der Waals surface area (Å²) in [7, 11) is 0. The van der Waals surface area contributed by atoms with Crippen molar-refractivity contribution < 1.29 is 22.7 Å². The van der Waals surface area contributed by atoms with Gasteiger partial charge in [-0.05, 0) is 31.5 Å². The van der Waals surface area contributed by atoms with Crippen LogP contribution in [0.3, 0.4) is 0 Å². The highest BCUT2D eigenvalue weighted by atomic mass is 19.4. The van der Waals surface area contributed by atoms with Crippen LogP contribution in [0.15, 0.2) is 24.3 Å². The van der Waals surface area contributed by atoms with Gasteiger partial charge >= 0.3 is 12.1 Å². The number of carbonyl (C=O) groups excluding carboxylic acids is 1. The highest BCUT2D eigenvalue weighted by molar-refractivity contribution is 5.89. The minimum absolute atomic E-state index is 0.130. The largest absolute Gasteiger partial charge is 0.462 e. The Kier molecular flexibility index (Phi) is 4.15. The molecule has 0 heterocycles. The lowest BCUT2D eigenvalue weighted by Crippen LogP contribution is -2.17. The summed E-state index contributed by atoms with van der Waals surface area (Å²) in [6, 6.07) is 5.28. The van der Waals surface area contributed by atoms with Crippen LogP contribution in [0.5, 0.6) is 0 Å². The van der Waals surface area contributed by atoms with E-state index in [1.807, 2.05) is 0 Å². The van der Waals surface area contributed by atoms with E-state index in [1.54, 1.807) is 6.92 Å². The number of halogens is 3. The number of benzene rings is 1. The summed E-state index contributed by atoms with van der Waals surface area (Å²) in [5, 5.41) is 0. The number of ether oxygens (including phenoxy) is 1. The first-order valence-corrected chi connectivity index (χ1v) is 5.20. The van der Waals surface area contributed by atoms with E-state index < -0.39 is 18.1 Å². The van der Waals surface area contributed by atoms with Gasteiger partial charge in [0.15, 0.2) is 0 Å². The maximum absolute atomic E-state index is 12.4. The smallest absolute Gasteiger partial charge is 0.395 e. The van der Waals surface area contributed by atoms with Crippen LogP contribution >= 0.6 is 0 Å². The second-order valence-electron chi connectivity index (χ2n) is 3.61. The molecule has 1 aromatic carbocycles. The maximum Gasteiger partial charge on any atom is 0.395 e. The van der Waals surface area contributed by atoms with Gasteiger partial charge in [0.2, 0.25) is 0 Å². The summed E-state index contributed by atoms with van der Waals surface area (Å²) >= 11 is 0. The first kappa shape index (κ1) is 13.5. The van der Waals surface area contributed by atoms with Crippen LogP contribution in [-0.4, -0.2) is 18.8 Å². The minimum atomic E-state index is -4.27. The predicted octanol–water partition coefficient (Wildman–Crippen LogP) is 3.53. The first-order chi connectivity index (χ1) is 7.86. The topological polar surface area (TPSA) is 26.3 Å². The molecule has 0 radical (unpaired) electrons. The van der Waals surface area contributed by atoms with Crippen LogP contribution in [0.1, 0.15) is 35.7 Å². The Morgan fingerprint density at radius 1 is 1.29 bits per heavy atom. The van der Waals surface area contributed by atoms with Crippen molar-refractivity contribution in [2.75, 3.05) is 6.61 Å². The van der Waals surface area contributed by atoms with E-state index in [0.717, 1.165) is 6.92 Å². The lowest BCUT2D eigenvalue weighted by Gasteiger charge is -2.15. The summed E-state index contributed by atoms with van der Waals surface area (Å²) in [6.45, 7) is 2.98. The minimum Gasteiger partial charge on any atom is -0.462 e. The molecule has 0 N–H and O–H groups in total. The van der Waals surface area contributed by atoms with E-state index in [-0.39, 0.29) is 17.7 Å². The van der Waals surface area contributed by atoms with Gasteiger partial charge in [-0.1, -0.05) is 12.1 Å². The summed E-state index contributed by atoms with van der Waals surface area (Å²) in [4.78, 5) is 11.3. The van der Waals surface area contributed by atoms with E-state index in [4.69, 9.17) is 4.74 Å². The monoisotopic (exact) mass is 246 g/mol. The summed E-state index contributed by atoms with van der Waals surface area (Å²) < 4.78 is 42.0. The predicted molar refractivity (Wildman–Crippen MR) is 56.9 cm³/mol. The lowest BCUT2D eigenvalue weighted by molar-refractivity contribution is -0.146. The van der Waals surface area contributed by atoms with Gasteiger partial charge in [-0.3, -0.25) is 0 Å². The van der Waals surface area contributed by atoms with Gasteiger partial charge in [-0.2, -0.15) is 13.2 Å². The molecule has 5 heteroatoms. The zero-order valence-electron chi connectivity index (χ0n) is 9.54. The van der Waals surface area contributed by atoms with Gasteiger partial charge in [0.25, 0.3) is 0 Å². The number of hydrogen-bond donors (Lipinski definition) is 0. The van der Waals surface area contributed by atoms with Gasteiger partial charge in [0, 0.05) is 0 Å². The van der Waals surface area contributed by atoms with Crippen molar-refractivity contribution in [1.29, 1.82) is 0 Å². The number of alkyl halides is 3. The van der Waals surface area contributed by atoms with Crippen molar-refractivity contribution in [2.45, 2.75) is 25.9 Å². The van der Waals surface area contributed by atoms with Crippen molar-refractivity contribution >= 4 is 5.97 Å². The van der Waals surface area contributed by atoms with Crippen LogP contribution in [0.4, 0.5) is 13.2 Å². The molecule has 17 heavy (non-hydrogen) atoms. The maximum atomic E-state index is 12.4. The van der Waals surface area contributed by atoms with E-state index in [9.17, 15) is 18.0 Å².